The van der Waals surface area contributed by atoms with Gasteiger partial charge in [-0.05, 0) is 65.1 Å². The van der Waals surface area contributed by atoms with Gasteiger partial charge in [0.2, 0.25) is 5.91 Å². The van der Waals surface area contributed by atoms with Crippen molar-refractivity contribution < 1.29 is 14.3 Å². The molecule has 1 N–H and O–H groups in total. The van der Waals surface area contributed by atoms with Crippen LogP contribution in [0.3, 0.4) is 0 Å². The fourth-order valence-electron chi connectivity index (χ4n) is 2.27. The first-order valence-corrected chi connectivity index (χ1v) is 8.27. The van der Waals surface area contributed by atoms with Crippen molar-refractivity contribution in [2.24, 2.45) is 0 Å². The number of carbonyl (C=O) groups is 2. The Labute approximate surface area is 151 Å². The summed E-state index contributed by atoms with van der Waals surface area (Å²) < 4.78 is 6.24. The van der Waals surface area contributed by atoms with Crippen molar-refractivity contribution in [1.29, 1.82) is 0 Å². The molecule has 5 nitrogen and oxygen atoms in total. The van der Waals surface area contributed by atoms with E-state index in [-0.39, 0.29) is 19.0 Å². The SMILES string of the molecule is O=C(CN1CC(=O)Oc2ccc(Cl)cc21)Nc1ccc(I)cc1. The van der Waals surface area contributed by atoms with E-state index in [1.165, 1.54) is 0 Å². The number of anilines is 2. The second-order valence-electron chi connectivity index (χ2n) is 5.00. The summed E-state index contributed by atoms with van der Waals surface area (Å²) in [6.45, 7) is 0.0435. The third-order valence-electron chi connectivity index (χ3n) is 3.27. The minimum absolute atomic E-state index is 0.00739. The molecule has 0 atom stereocenters. The molecule has 0 spiro atoms. The van der Waals surface area contributed by atoms with E-state index in [4.69, 9.17) is 16.3 Å². The molecule has 7 heteroatoms. The topological polar surface area (TPSA) is 58.6 Å². The molecule has 1 aliphatic rings. The van der Waals surface area contributed by atoms with Crippen molar-refractivity contribution in [3.63, 3.8) is 0 Å². The summed E-state index contributed by atoms with van der Waals surface area (Å²) >= 11 is 8.19. The highest BCUT2D eigenvalue weighted by Crippen LogP contribution is 2.34. The van der Waals surface area contributed by atoms with Crippen LogP contribution in [0.4, 0.5) is 11.4 Å². The summed E-state index contributed by atoms with van der Waals surface area (Å²) in [5, 5.41) is 3.33. The molecule has 0 aromatic heterocycles. The Kier molecular flexibility index (Phi) is 4.72. The molecular formula is C16H12ClIN2O3. The lowest BCUT2D eigenvalue weighted by atomic mass is 10.2. The number of fused-ring (bicyclic) bond motifs is 1. The van der Waals surface area contributed by atoms with E-state index in [1.54, 1.807) is 23.1 Å². The first kappa shape index (κ1) is 16.1. The Morgan fingerprint density at radius 1 is 1.26 bits per heavy atom. The number of amides is 1. The van der Waals surface area contributed by atoms with Crippen LogP contribution in [0.1, 0.15) is 0 Å². The maximum Gasteiger partial charge on any atom is 0.331 e. The van der Waals surface area contributed by atoms with Crippen molar-refractivity contribution >= 4 is 57.4 Å². The van der Waals surface area contributed by atoms with Crippen molar-refractivity contribution in [2.45, 2.75) is 0 Å². The zero-order valence-electron chi connectivity index (χ0n) is 11.9. The van der Waals surface area contributed by atoms with E-state index in [0.717, 1.165) is 3.57 Å². The van der Waals surface area contributed by atoms with Gasteiger partial charge in [-0.1, -0.05) is 11.6 Å². The van der Waals surface area contributed by atoms with Gasteiger partial charge < -0.3 is 15.0 Å². The molecule has 23 heavy (non-hydrogen) atoms. The van der Waals surface area contributed by atoms with Crippen molar-refractivity contribution in [3.8, 4) is 5.75 Å². The second kappa shape index (κ2) is 6.76. The average Bonchev–Trinajstić information content (AvgIpc) is 2.50. The van der Waals surface area contributed by atoms with Crippen LogP contribution in [-0.2, 0) is 9.59 Å². The molecule has 0 radical (unpaired) electrons. The van der Waals surface area contributed by atoms with Gasteiger partial charge in [0.25, 0.3) is 0 Å². The number of nitrogens with zero attached hydrogens (tertiary/aromatic N) is 1. The number of nitrogens with one attached hydrogen (secondary N) is 1. The lowest BCUT2D eigenvalue weighted by Gasteiger charge is -2.29. The molecule has 0 saturated carbocycles. The van der Waals surface area contributed by atoms with Gasteiger partial charge in [0.05, 0.1) is 12.2 Å². The van der Waals surface area contributed by atoms with E-state index in [1.807, 2.05) is 24.3 Å². The molecular weight excluding hydrogens is 431 g/mol. The highest BCUT2D eigenvalue weighted by Gasteiger charge is 2.25. The third-order valence-corrected chi connectivity index (χ3v) is 4.22. The number of ether oxygens (including phenoxy) is 1. The molecule has 118 valence electrons. The van der Waals surface area contributed by atoms with E-state index in [0.29, 0.717) is 22.1 Å². The minimum Gasteiger partial charge on any atom is -0.423 e. The molecule has 0 saturated heterocycles. The number of hydrogen-bond donors (Lipinski definition) is 1. The van der Waals surface area contributed by atoms with E-state index < -0.39 is 5.97 Å². The molecule has 0 bridgehead atoms. The standard InChI is InChI=1S/C16H12ClIN2O3/c17-10-1-6-14-13(7-10)20(9-16(22)23-14)8-15(21)19-12-4-2-11(18)3-5-12/h1-7H,8-9H2,(H,19,21). The molecule has 0 unspecified atom stereocenters. The van der Waals surface area contributed by atoms with Gasteiger partial charge in [-0.2, -0.15) is 0 Å². The summed E-state index contributed by atoms with van der Waals surface area (Å²) in [6, 6.07) is 12.4. The Morgan fingerprint density at radius 3 is 2.74 bits per heavy atom. The summed E-state index contributed by atoms with van der Waals surface area (Å²) in [6.07, 6.45) is 0. The van der Waals surface area contributed by atoms with Gasteiger partial charge in [-0.3, -0.25) is 4.79 Å². The summed E-state index contributed by atoms with van der Waals surface area (Å²) in [4.78, 5) is 25.5. The number of benzene rings is 2. The summed E-state index contributed by atoms with van der Waals surface area (Å²) in [7, 11) is 0. The van der Waals surface area contributed by atoms with Gasteiger partial charge in [0.1, 0.15) is 6.54 Å². The smallest absolute Gasteiger partial charge is 0.331 e. The van der Waals surface area contributed by atoms with Crippen LogP contribution in [-0.4, -0.2) is 25.0 Å². The van der Waals surface area contributed by atoms with Gasteiger partial charge in [-0.25, -0.2) is 4.79 Å². The predicted octanol–water partition coefficient (Wildman–Crippen LogP) is 3.31. The van der Waals surface area contributed by atoms with E-state index >= 15 is 0 Å². The minimum atomic E-state index is -0.401. The Bertz CT molecular complexity index is 764. The normalized spacial score (nSPS) is 13.3. The summed E-state index contributed by atoms with van der Waals surface area (Å²) in [5.41, 5.74) is 1.34. The lowest BCUT2D eigenvalue weighted by Crippen LogP contribution is -2.41. The number of carbonyl (C=O) groups excluding carboxylic acids is 2. The first-order chi connectivity index (χ1) is 11.0. The van der Waals surface area contributed by atoms with Gasteiger partial charge in [0, 0.05) is 14.3 Å². The molecule has 1 amide bonds. The number of hydrogen-bond acceptors (Lipinski definition) is 4. The van der Waals surface area contributed by atoms with E-state index in [9.17, 15) is 9.59 Å². The Morgan fingerprint density at radius 2 is 2.00 bits per heavy atom. The second-order valence-corrected chi connectivity index (χ2v) is 6.68. The van der Waals surface area contributed by atoms with Crippen LogP contribution < -0.4 is 15.0 Å². The maximum atomic E-state index is 12.2. The highest BCUT2D eigenvalue weighted by atomic mass is 127. The quantitative estimate of drug-likeness (QED) is 0.450. The number of halogens is 2. The summed E-state index contributed by atoms with van der Waals surface area (Å²) in [5.74, 6) is -0.207. The Balaban J connectivity index is 1.74. The number of esters is 1. The molecule has 1 aliphatic heterocycles. The average molecular weight is 443 g/mol. The van der Waals surface area contributed by atoms with Crippen molar-refractivity contribution in [3.05, 3.63) is 51.1 Å². The number of rotatable bonds is 3. The molecule has 3 rings (SSSR count). The largest absolute Gasteiger partial charge is 0.423 e. The highest BCUT2D eigenvalue weighted by molar-refractivity contribution is 14.1. The molecule has 2 aromatic carbocycles. The zero-order chi connectivity index (χ0) is 16.4. The molecule has 0 aliphatic carbocycles. The van der Waals surface area contributed by atoms with Crippen LogP contribution in [0.5, 0.6) is 5.75 Å². The predicted molar refractivity (Wildman–Crippen MR) is 97.1 cm³/mol. The fourth-order valence-corrected chi connectivity index (χ4v) is 2.79. The lowest BCUT2D eigenvalue weighted by molar-refractivity contribution is -0.133. The fraction of sp³-hybridized carbons (Fsp3) is 0.125. The van der Waals surface area contributed by atoms with Crippen LogP contribution in [0.25, 0.3) is 0 Å². The van der Waals surface area contributed by atoms with Crippen LogP contribution in [0.15, 0.2) is 42.5 Å². The molecule has 2 aromatic rings. The first-order valence-electron chi connectivity index (χ1n) is 6.82. The van der Waals surface area contributed by atoms with Crippen LogP contribution >= 0.6 is 34.2 Å². The zero-order valence-corrected chi connectivity index (χ0v) is 14.8. The Hall–Kier alpha value is -1.80. The van der Waals surface area contributed by atoms with Crippen LogP contribution in [0.2, 0.25) is 5.02 Å². The van der Waals surface area contributed by atoms with Crippen molar-refractivity contribution in [2.75, 3.05) is 23.3 Å². The molecule has 1 heterocycles. The van der Waals surface area contributed by atoms with Gasteiger partial charge in [-0.15, -0.1) is 0 Å². The monoisotopic (exact) mass is 442 g/mol. The van der Waals surface area contributed by atoms with Gasteiger partial charge in [0.15, 0.2) is 5.75 Å². The van der Waals surface area contributed by atoms with Gasteiger partial charge >= 0.3 is 5.97 Å². The maximum absolute atomic E-state index is 12.2. The van der Waals surface area contributed by atoms with Crippen molar-refractivity contribution in [1.82, 2.24) is 0 Å². The van der Waals surface area contributed by atoms with Crippen LogP contribution in [0, 0.1) is 3.57 Å². The third kappa shape index (κ3) is 3.94. The van der Waals surface area contributed by atoms with E-state index in [2.05, 4.69) is 27.9 Å². The molecule has 0 fully saturated rings.